The lowest BCUT2D eigenvalue weighted by Gasteiger charge is -2.50. The zero-order valence-electron chi connectivity index (χ0n) is 14.7. The molecule has 2 unspecified atom stereocenters. The van der Waals surface area contributed by atoms with Crippen molar-refractivity contribution in [2.45, 2.75) is 45.8 Å². The molecule has 0 radical (unpaired) electrons. The quantitative estimate of drug-likeness (QED) is 0.846. The van der Waals surface area contributed by atoms with Crippen LogP contribution in [-0.4, -0.2) is 35.0 Å². The van der Waals surface area contributed by atoms with Gasteiger partial charge in [-0.2, -0.15) is 0 Å². The molecule has 24 heavy (non-hydrogen) atoms. The van der Waals surface area contributed by atoms with Crippen molar-refractivity contribution in [3.8, 4) is 0 Å². The van der Waals surface area contributed by atoms with E-state index in [1.54, 1.807) is 17.0 Å². The molecule has 1 heterocycles. The number of carbonyl (C=O) groups excluding carboxylic acids is 1. The van der Waals surface area contributed by atoms with Crippen LogP contribution in [0, 0.1) is 17.9 Å². The number of aliphatic hydroxyl groups is 1. The van der Waals surface area contributed by atoms with Crippen molar-refractivity contribution in [1.82, 2.24) is 4.90 Å². The molecule has 0 saturated carbocycles. The Hall–Kier alpha value is -1.57. The first-order valence-electron chi connectivity index (χ1n) is 8.26. The average molecular weight is 349 g/mol. The lowest BCUT2D eigenvalue weighted by Crippen LogP contribution is -2.58. The summed E-state index contributed by atoms with van der Waals surface area (Å²) < 4.78 is 0. The van der Waals surface area contributed by atoms with Gasteiger partial charge < -0.3 is 14.9 Å². The van der Waals surface area contributed by atoms with E-state index < -0.39 is 17.1 Å². The molecule has 2 atom stereocenters. The molecule has 1 fully saturated rings. The fourth-order valence-corrected chi connectivity index (χ4v) is 3.57. The first-order valence-corrected chi connectivity index (χ1v) is 8.64. The molecular weight excluding hydrogens is 324 g/mol. The summed E-state index contributed by atoms with van der Waals surface area (Å²) in [6.45, 7) is 15.9. The number of carbonyl (C=O) groups is 1. The Balaban J connectivity index is 2.25. The van der Waals surface area contributed by atoms with Gasteiger partial charge in [0, 0.05) is 29.4 Å². The van der Waals surface area contributed by atoms with Gasteiger partial charge in [-0.1, -0.05) is 51.4 Å². The van der Waals surface area contributed by atoms with Crippen LogP contribution in [0.1, 0.15) is 39.7 Å². The van der Waals surface area contributed by atoms with Crippen LogP contribution >= 0.6 is 11.6 Å². The van der Waals surface area contributed by atoms with E-state index in [1.807, 2.05) is 39.8 Å². The normalized spacial score (nSPS) is 24.5. The Bertz CT molecular complexity index is 648. The molecule has 130 valence electrons. The molecule has 0 spiro atoms. The van der Waals surface area contributed by atoms with Crippen LogP contribution in [0.5, 0.6) is 0 Å². The standard InChI is InChI=1S/C19H25ClN2O2/c1-13(2)16(21-5)17(23)22-11-10-19(24,18(3,4)12-22)14-6-8-15(20)9-7-14/h6-9,13,16,24H,10-12H2,1-4H3. The highest BCUT2D eigenvalue weighted by molar-refractivity contribution is 6.30. The number of halogens is 1. The molecule has 1 amide bonds. The summed E-state index contributed by atoms with van der Waals surface area (Å²) in [7, 11) is 0. The van der Waals surface area contributed by atoms with Gasteiger partial charge in [-0.05, 0) is 24.1 Å². The highest BCUT2D eigenvalue weighted by Crippen LogP contribution is 2.46. The van der Waals surface area contributed by atoms with Crippen molar-refractivity contribution in [1.29, 1.82) is 0 Å². The number of piperidine rings is 1. The Morgan fingerprint density at radius 2 is 1.92 bits per heavy atom. The van der Waals surface area contributed by atoms with Gasteiger partial charge in [0.25, 0.3) is 0 Å². The molecule has 1 aromatic rings. The molecule has 1 aromatic carbocycles. The summed E-state index contributed by atoms with van der Waals surface area (Å²) in [5.74, 6) is -0.151. The van der Waals surface area contributed by atoms with Crippen molar-refractivity contribution in [2.24, 2.45) is 11.3 Å². The molecule has 0 aliphatic carbocycles. The third-order valence-electron chi connectivity index (χ3n) is 5.11. The maximum absolute atomic E-state index is 12.7. The zero-order chi connectivity index (χ0) is 18.1. The van der Waals surface area contributed by atoms with Crippen molar-refractivity contribution in [2.75, 3.05) is 13.1 Å². The summed E-state index contributed by atoms with van der Waals surface area (Å²) in [6.07, 6.45) is 0.441. The monoisotopic (exact) mass is 348 g/mol. The van der Waals surface area contributed by atoms with Crippen molar-refractivity contribution in [3.05, 3.63) is 46.3 Å². The zero-order valence-corrected chi connectivity index (χ0v) is 15.5. The summed E-state index contributed by atoms with van der Waals surface area (Å²) in [4.78, 5) is 17.9. The van der Waals surface area contributed by atoms with E-state index in [9.17, 15) is 9.90 Å². The lowest BCUT2D eigenvalue weighted by molar-refractivity contribution is -0.154. The molecule has 1 aliphatic rings. The van der Waals surface area contributed by atoms with Crippen LogP contribution in [0.4, 0.5) is 0 Å². The van der Waals surface area contributed by atoms with Gasteiger partial charge in [0.1, 0.15) is 0 Å². The van der Waals surface area contributed by atoms with Crippen LogP contribution in [-0.2, 0) is 10.4 Å². The van der Waals surface area contributed by atoms with Crippen molar-refractivity contribution in [3.63, 3.8) is 0 Å². The lowest BCUT2D eigenvalue weighted by atomic mass is 9.66. The molecule has 4 nitrogen and oxygen atoms in total. The maximum Gasteiger partial charge on any atom is 0.306 e. The van der Waals surface area contributed by atoms with E-state index in [0.717, 1.165) is 5.56 Å². The van der Waals surface area contributed by atoms with Gasteiger partial charge in [0.15, 0.2) is 0 Å². The Labute approximate surface area is 149 Å². The van der Waals surface area contributed by atoms with Crippen LogP contribution in [0.25, 0.3) is 4.85 Å². The maximum atomic E-state index is 12.7. The van der Waals surface area contributed by atoms with Crippen molar-refractivity contribution < 1.29 is 9.90 Å². The second-order valence-corrected chi connectivity index (χ2v) is 8.02. The number of amides is 1. The molecule has 1 aliphatic heterocycles. The van der Waals surface area contributed by atoms with E-state index in [1.165, 1.54) is 0 Å². The third kappa shape index (κ3) is 3.29. The number of likely N-dealkylation sites (tertiary alicyclic amines) is 1. The fraction of sp³-hybridized carbons (Fsp3) is 0.579. The van der Waals surface area contributed by atoms with Gasteiger partial charge in [-0.25, -0.2) is 6.57 Å². The molecule has 0 aromatic heterocycles. The predicted molar refractivity (Wildman–Crippen MR) is 95.6 cm³/mol. The van der Waals surface area contributed by atoms with Crippen LogP contribution < -0.4 is 0 Å². The Morgan fingerprint density at radius 3 is 2.38 bits per heavy atom. The second-order valence-electron chi connectivity index (χ2n) is 7.58. The van der Waals surface area contributed by atoms with Gasteiger partial charge in [0.05, 0.1) is 5.60 Å². The molecular formula is C19H25ClN2O2. The van der Waals surface area contributed by atoms with Crippen LogP contribution in [0.3, 0.4) is 0 Å². The summed E-state index contributed by atoms with van der Waals surface area (Å²) in [5, 5.41) is 12.0. The second kappa shape index (κ2) is 6.74. The minimum Gasteiger partial charge on any atom is -0.384 e. The number of benzene rings is 1. The third-order valence-corrected chi connectivity index (χ3v) is 5.36. The SMILES string of the molecule is [C-]#[N+]C(C(=O)N1CCC(O)(c2ccc(Cl)cc2)C(C)(C)C1)C(C)C. The van der Waals surface area contributed by atoms with E-state index in [4.69, 9.17) is 18.2 Å². The highest BCUT2D eigenvalue weighted by Gasteiger charge is 2.50. The predicted octanol–water partition coefficient (Wildman–Crippen LogP) is 3.73. The smallest absolute Gasteiger partial charge is 0.306 e. The first-order chi connectivity index (χ1) is 11.1. The number of hydrogen-bond acceptors (Lipinski definition) is 2. The fourth-order valence-electron chi connectivity index (χ4n) is 3.45. The largest absolute Gasteiger partial charge is 0.384 e. The summed E-state index contributed by atoms with van der Waals surface area (Å²) in [5.41, 5.74) is -0.743. The van der Waals surface area contributed by atoms with E-state index >= 15 is 0 Å². The minimum atomic E-state index is -1.03. The van der Waals surface area contributed by atoms with Gasteiger partial charge in [-0.3, -0.25) is 4.79 Å². The summed E-state index contributed by atoms with van der Waals surface area (Å²) in [6, 6.07) is 6.59. The average Bonchev–Trinajstić information content (AvgIpc) is 2.50. The Morgan fingerprint density at radius 1 is 1.33 bits per heavy atom. The molecule has 1 saturated heterocycles. The van der Waals surface area contributed by atoms with Crippen molar-refractivity contribution >= 4 is 17.5 Å². The number of rotatable bonds is 3. The van der Waals surface area contributed by atoms with Gasteiger partial charge >= 0.3 is 11.9 Å². The number of hydrogen-bond donors (Lipinski definition) is 1. The van der Waals surface area contributed by atoms with Gasteiger partial charge in [-0.15, -0.1) is 0 Å². The van der Waals surface area contributed by atoms with E-state index in [-0.39, 0.29) is 11.8 Å². The van der Waals surface area contributed by atoms with E-state index in [2.05, 4.69) is 4.85 Å². The van der Waals surface area contributed by atoms with Crippen LogP contribution in [0.15, 0.2) is 24.3 Å². The molecule has 1 N–H and O–H groups in total. The van der Waals surface area contributed by atoms with Gasteiger partial charge in [0.2, 0.25) is 0 Å². The number of nitrogens with zero attached hydrogens (tertiary/aromatic N) is 2. The van der Waals surface area contributed by atoms with E-state index in [0.29, 0.717) is 24.5 Å². The topological polar surface area (TPSA) is 44.9 Å². The molecule has 0 bridgehead atoms. The summed E-state index contributed by atoms with van der Waals surface area (Å²) >= 11 is 5.95. The van der Waals surface area contributed by atoms with Crippen LogP contribution in [0.2, 0.25) is 5.02 Å². The highest BCUT2D eigenvalue weighted by atomic mass is 35.5. The molecule has 5 heteroatoms. The Kier molecular flexibility index (Phi) is 5.27. The minimum absolute atomic E-state index is 0.0183. The molecule has 2 rings (SSSR count). The first kappa shape index (κ1) is 18.8.